The van der Waals surface area contributed by atoms with E-state index < -0.39 is 0 Å². The minimum atomic E-state index is -0.138. The summed E-state index contributed by atoms with van der Waals surface area (Å²) in [6.45, 7) is 6.74. The molecule has 0 radical (unpaired) electrons. The Morgan fingerprint density at radius 3 is 2.76 bits per heavy atom. The van der Waals surface area contributed by atoms with Crippen LogP contribution in [0.2, 0.25) is 0 Å². The Morgan fingerprint density at radius 1 is 1.20 bits per heavy atom. The van der Waals surface area contributed by atoms with Crippen LogP contribution in [0, 0.1) is 0 Å². The average molecular weight is 338 g/mol. The molecule has 3 rings (SSSR count). The minimum absolute atomic E-state index is 0.0640. The number of rotatable bonds is 5. The van der Waals surface area contributed by atoms with Gasteiger partial charge >= 0.3 is 6.03 Å². The molecule has 5 heteroatoms. The van der Waals surface area contributed by atoms with Gasteiger partial charge in [-0.1, -0.05) is 30.3 Å². The van der Waals surface area contributed by atoms with Crippen LogP contribution in [0.1, 0.15) is 36.6 Å². The summed E-state index contributed by atoms with van der Waals surface area (Å²) in [5, 5.41) is 5.95. The predicted molar refractivity (Wildman–Crippen MR) is 99.2 cm³/mol. The van der Waals surface area contributed by atoms with Gasteiger partial charge in [-0.15, -0.1) is 0 Å². The molecule has 1 aromatic carbocycles. The number of carbonyl (C=O) groups excluding carboxylic acids is 1. The quantitative estimate of drug-likeness (QED) is 0.881. The second-order valence-electron chi connectivity index (χ2n) is 6.70. The van der Waals surface area contributed by atoms with Crippen LogP contribution in [0.25, 0.3) is 0 Å². The van der Waals surface area contributed by atoms with Gasteiger partial charge in [-0.05, 0) is 43.0 Å². The van der Waals surface area contributed by atoms with Crippen LogP contribution in [0.4, 0.5) is 4.79 Å². The van der Waals surface area contributed by atoms with Crippen LogP contribution < -0.4 is 10.6 Å². The zero-order valence-corrected chi connectivity index (χ0v) is 14.9. The Kier molecular flexibility index (Phi) is 5.66. The molecule has 0 unspecified atom stereocenters. The van der Waals surface area contributed by atoms with Gasteiger partial charge in [0.05, 0.1) is 6.04 Å². The Morgan fingerprint density at radius 2 is 2.00 bits per heavy atom. The smallest absolute Gasteiger partial charge is 0.315 e. The number of urea groups is 1. The van der Waals surface area contributed by atoms with Gasteiger partial charge in [-0.3, -0.25) is 9.88 Å². The SMILES string of the molecule is C[C@H](CNC(=O)N[C@H](C)c1cccnc1)N1CCc2ccccc2C1. The molecular formula is C20H26N4O. The van der Waals surface area contributed by atoms with E-state index in [0.29, 0.717) is 12.6 Å². The van der Waals surface area contributed by atoms with E-state index >= 15 is 0 Å². The van der Waals surface area contributed by atoms with Crippen LogP contribution in [0.3, 0.4) is 0 Å². The fraction of sp³-hybridized carbons (Fsp3) is 0.400. The van der Waals surface area contributed by atoms with Gasteiger partial charge in [0.2, 0.25) is 0 Å². The summed E-state index contributed by atoms with van der Waals surface area (Å²) < 4.78 is 0. The lowest BCUT2D eigenvalue weighted by molar-refractivity contribution is 0.184. The molecule has 0 spiro atoms. The number of benzene rings is 1. The number of carbonyl (C=O) groups is 1. The van der Waals surface area contributed by atoms with Crippen LogP contribution in [-0.4, -0.2) is 35.0 Å². The second-order valence-corrected chi connectivity index (χ2v) is 6.70. The predicted octanol–water partition coefficient (Wildman–Crippen LogP) is 2.89. The molecule has 2 N–H and O–H groups in total. The van der Waals surface area contributed by atoms with Gasteiger partial charge < -0.3 is 10.6 Å². The lowest BCUT2D eigenvalue weighted by atomic mass is 9.99. The third-order valence-corrected chi connectivity index (χ3v) is 4.87. The number of amides is 2. The van der Waals surface area contributed by atoms with Gasteiger partial charge in [0.15, 0.2) is 0 Å². The lowest BCUT2D eigenvalue weighted by Crippen LogP contribution is -2.47. The highest BCUT2D eigenvalue weighted by atomic mass is 16.2. The highest BCUT2D eigenvalue weighted by molar-refractivity contribution is 5.74. The van der Waals surface area contributed by atoms with Crippen LogP contribution in [-0.2, 0) is 13.0 Å². The first-order valence-electron chi connectivity index (χ1n) is 8.88. The van der Waals surface area contributed by atoms with Crippen molar-refractivity contribution in [1.82, 2.24) is 20.5 Å². The minimum Gasteiger partial charge on any atom is -0.337 e. The average Bonchev–Trinajstić information content (AvgIpc) is 2.66. The molecule has 1 aliphatic heterocycles. The standard InChI is InChI=1S/C20H26N4O/c1-15(24-11-9-17-6-3-4-7-19(17)14-24)12-22-20(25)23-16(2)18-8-5-10-21-13-18/h3-8,10,13,15-16H,9,11-12,14H2,1-2H3,(H2,22,23,25)/t15-,16-/m1/s1. The number of nitrogens with one attached hydrogen (secondary N) is 2. The molecule has 1 aromatic heterocycles. The summed E-state index contributed by atoms with van der Waals surface area (Å²) >= 11 is 0. The van der Waals surface area contributed by atoms with Crippen molar-refractivity contribution in [2.45, 2.75) is 38.9 Å². The lowest BCUT2D eigenvalue weighted by Gasteiger charge is -2.33. The highest BCUT2D eigenvalue weighted by Crippen LogP contribution is 2.20. The summed E-state index contributed by atoms with van der Waals surface area (Å²) in [4.78, 5) is 18.7. The molecule has 0 bridgehead atoms. The monoisotopic (exact) mass is 338 g/mol. The Bertz CT molecular complexity index is 704. The molecule has 132 valence electrons. The number of hydrogen-bond donors (Lipinski definition) is 2. The van der Waals surface area contributed by atoms with Gasteiger partial charge in [0, 0.05) is 38.1 Å². The van der Waals surface area contributed by atoms with Crippen molar-refractivity contribution < 1.29 is 4.79 Å². The Hall–Kier alpha value is -2.40. The zero-order chi connectivity index (χ0) is 17.6. The topological polar surface area (TPSA) is 57.3 Å². The Labute approximate surface area is 149 Å². The number of hydrogen-bond acceptors (Lipinski definition) is 3. The van der Waals surface area contributed by atoms with E-state index in [0.717, 1.165) is 25.1 Å². The van der Waals surface area contributed by atoms with Crippen molar-refractivity contribution in [2.75, 3.05) is 13.1 Å². The van der Waals surface area contributed by atoms with E-state index in [-0.39, 0.29) is 12.1 Å². The van der Waals surface area contributed by atoms with Crippen LogP contribution in [0.15, 0.2) is 48.8 Å². The van der Waals surface area contributed by atoms with E-state index in [9.17, 15) is 4.79 Å². The number of nitrogens with zero attached hydrogens (tertiary/aromatic N) is 2. The molecule has 2 aromatic rings. The third-order valence-electron chi connectivity index (χ3n) is 4.87. The molecule has 0 saturated heterocycles. The molecular weight excluding hydrogens is 312 g/mol. The molecule has 1 aliphatic rings. The number of fused-ring (bicyclic) bond motifs is 1. The maximum absolute atomic E-state index is 12.2. The highest BCUT2D eigenvalue weighted by Gasteiger charge is 2.20. The first-order chi connectivity index (χ1) is 12.1. The van der Waals surface area contributed by atoms with E-state index in [1.54, 1.807) is 12.4 Å². The molecule has 5 nitrogen and oxygen atoms in total. The molecule has 2 atom stereocenters. The number of aromatic nitrogens is 1. The molecule has 2 heterocycles. The number of pyridine rings is 1. The first-order valence-corrected chi connectivity index (χ1v) is 8.88. The van der Waals surface area contributed by atoms with Crippen molar-refractivity contribution >= 4 is 6.03 Å². The summed E-state index contributed by atoms with van der Waals surface area (Å²) in [5.41, 5.74) is 3.84. The van der Waals surface area contributed by atoms with Gasteiger partial charge in [0.1, 0.15) is 0 Å². The zero-order valence-electron chi connectivity index (χ0n) is 14.9. The first kappa shape index (κ1) is 17.4. The largest absolute Gasteiger partial charge is 0.337 e. The van der Waals surface area contributed by atoms with Gasteiger partial charge in [0.25, 0.3) is 0 Å². The molecule has 0 saturated carbocycles. The summed E-state index contributed by atoms with van der Waals surface area (Å²) in [7, 11) is 0. The fourth-order valence-corrected chi connectivity index (χ4v) is 3.23. The van der Waals surface area contributed by atoms with Crippen molar-refractivity contribution in [3.05, 3.63) is 65.5 Å². The van der Waals surface area contributed by atoms with E-state index in [2.05, 4.69) is 51.7 Å². The van der Waals surface area contributed by atoms with Gasteiger partial charge in [-0.2, -0.15) is 0 Å². The fourth-order valence-electron chi connectivity index (χ4n) is 3.23. The molecule has 2 amide bonds. The van der Waals surface area contributed by atoms with Gasteiger partial charge in [-0.25, -0.2) is 4.79 Å². The van der Waals surface area contributed by atoms with Crippen molar-refractivity contribution in [3.8, 4) is 0 Å². The Balaban J connectivity index is 1.46. The van der Waals surface area contributed by atoms with Crippen LogP contribution >= 0.6 is 0 Å². The summed E-state index contributed by atoms with van der Waals surface area (Å²) in [6.07, 6.45) is 4.58. The van der Waals surface area contributed by atoms with Crippen molar-refractivity contribution in [2.24, 2.45) is 0 Å². The van der Waals surface area contributed by atoms with Crippen molar-refractivity contribution in [3.63, 3.8) is 0 Å². The molecule has 25 heavy (non-hydrogen) atoms. The van der Waals surface area contributed by atoms with Crippen molar-refractivity contribution in [1.29, 1.82) is 0 Å². The van der Waals surface area contributed by atoms with Crippen LogP contribution in [0.5, 0.6) is 0 Å². The second kappa shape index (κ2) is 8.12. The molecule has 0 aliphatic carbocycles. The third kappa shape index (κ3) is 4.57. The normalized spacial score (nSPS) is 16.6. The molecule has 0 fully saturated rings. The summed E-state index contributed by atoms with van der Waals surface area (Å²) in [5.74, 6) is 0. The summed E-state index contributed by atoms with van der Waals surface area (Å²) in [6, 6.07) is 12.5. The maximum Gasteiger partial charge on any atom is 0.315 e. The maximum atomic E-state index is 12.2. The van der Waals surface area contributed by atoms with E-state index in [1.165, 1.54) is 11.1 Å². The van der Waals surface area contributed by atoms with E-state index in [1.807, 2.05) is 19.1 Å². The van der Waals surface area contributed by atoms with E-state index in [4.69, 9.17) is 0 Å².